The number of benzene rings is 1. The maximum atomic E-state index is 13.8. The first kappa shape index (κ1) is 19.0. The number of carbonyl (C=O) groups is 1. The summed E-state index contributed by atoms with van der Waals surface area (Å²) >= 11 is 0.964. The average molecular weight is 397 g/mol. The highest BCUT2D eigenvalue weighted by Gasteiger charge is 2.27. The summed E-state index contributed by atoms with van der Waals surface area (Å²) in [4.78, 5) is 13.2. The summed E-state index contributed by atoms with van der Waals surface area (Å²) in [5, 5.41) is 1.43. The van der Waals surface area contributed by atoms with Crippen LogP contribution >= 0.6 is 11.3 Å². The van der Waals surface area contributed by atoms with Gasteiger partial charge in [0, 0.05) is 30.1 Å². The van der Waals surface area contributed by atoms with Crippen molar-refractivity contribution in [3.63, 3.8) is 0 Å². The van der Waals surface area contributed by atoms with Crippen molar-refractivity contribution < 1.29 is 17.6 Å². The van der Waals surface area contributed by atoms with Crippen LogP contribution in [-0.4, -0.2) is 38.4 Å². The first-order chi connectivity index (χ1) is 12.3. The van der Waals surface area contributed by atoms with Crippen LogP contribution < -0.4 is 10.5 Å². The highest BCUT2D eigenvalue weighted by atomic mass is 32.2. The summed E-state index contributed by atoms with van der Waals surface area (Å²) in [6, 6.07) is 7.62. The number of thiophene rings is 1. The maximum Gasteiger partial charge on any atom is 0.250 e. The van der Waals surface area contributed by atoms with Gasteiger partial charge >= 0.3 is 0 Å². The van der Waals surface area contributed by atoms with E-state index in [1.165, 1.54) is 17.5 Å². The highest BCUT2D eigenvalue weighted by Crippen LogP contribution is 2.22. The van der Waals surface area contributed by atoms with Gasteiger partial charge in [-0.1, -0.05) is 18.2 Å². The molecule has 26 heavy (non-hydrogen) atoms. The Hall–Kier alpha value is -1.81. The van der Waals surface area contributed by atoms with E-state index >= 15 is 0 Å². The van der Waals surface area contributed by atoms with E-state index in [0.717, 1.165) is 24.3 Å². The molecule has 1 saturated heterocycles. The zero-order valence-electron chi connectivity index (χ0n) is 14.0. The molecule has 140 valence electrons. The lowest BCUT2D eigenvalue weighted by molar-refractivity contribution is 0.100. The topological polar surface area (TPSA) is 92.5 Å². The first-order valence-corrected chi connectivity index (χ1v) is 10.6. The molecule has 0 bridgehead atoms. The van der Waals surface area contributed by atoms with E-state index in [1.807, 2.05) is 4.90 Å². The predicted octanol–water partition coefficient (Wildman–Crippen LogP) is 1.93. The second kappa shape index (κ2) is 7.83. The second-order valence-corrected chi connectivity index (χ2v) is 9.16. The molecule has 1 aliphatic heterocycles. The second-order valence-electron chi connectivity index (χ2n) is 6.31. The Labute approximate surface area is 155 Å². The Morgan fingerprint density at radius 3 is 2.85 bits per heavy atom. The summed E-state index contributed by atoms with van der Waals surface area (Å²) < 4.78 is 41.6. The molecule has 0 saturated carbocycles. The number of rotatable bonds is 6. The summed E-state index contributed by atoms with van der Waals surface area (Å²) in [7, 11) is -3.72. The molecule has 1 aliphatic rings. The maximum absolute atomic E-state index is 13.8. The molecule has 6 nitrogen and oxygen atoms in total. The Morgan fingerprint density at radius 1 is 1.38 bits per heavy atom. The normalized spacial score (nSPS) is 18.7. The number of piperidine rings is 1. The number of amides is 1. The Morgan fingerprint density at radius 2 is 2.15 bits per heavy atom. The molecule has 3 N–H and O–H groups in total. The number of sulfonamides is 1. The number of hydrogen-bond acceptors (Lipinski definition) is 5. The Balaban J connectivity index is 1.65. The number of halogens is 1. The number of likely N-dealkylation sites (tertiary alicyclic amines) is 1. The zero-order chi connectivity index (χ0) is 18.7. The molecule has 0 aliphatic carbocycles. The van der Waals surface area contributed by atoms with E-state index in [0.29, 0.717) is 25.1 Å². The van der Waals surface area contributed by atoms with Gasteiger partial charge in [-0.25, -0.2) is 17.5 Å². The highest BCUT2D eigenvalue weighted by molar-refractivity contribution is 7.91. The van der Waals surface area contributed by atoms with Crippen LogP contribution in [0, 0.1) is 5.82 Å². The van der Waals surface area contributed by atoms with Gasteiger partial charge in [0.05, 0.1) is 5.56 Å². The molecule has 3 rings (SSSR count). The van der Waals surface area contributed by atoms with Gasteiger partial charge in [-0.05, 0) is 31.5 Å². The van der Waals surface area contributed by atoms with Crippen LogP contribution in [0.25, 0.3) is 0 Å². The van der Waals surface area contributed by atoms with Crippen molar-refractivity contribution in [2.45, 2.75) is 29.6 Å². The smallest absolute Gasteiger partial charge is 0.250 e. The molecule has 1 fully saturated rings. The predicted molar refractivity (Wildman–Crippen MR) is 97.9 cm³/mol. The fraction of sp³-hybridized carbons (Fsp3) is 0.353. The van der Waals surface area contributed by atoms with E-state index < -0.39 is 15.9 Å². The molecule has 0 spiro atoms. The van der Waals surface area contributed by atoms with Crippen molar-refractivity contribution in [1.29, 1.82) is 0 Å². The van der Waals surface area contributed by atoms with Crippen LogP contribution in [0.5, 0.6) is 0 Å². The Kier molecular flexibility index (Phi) is 5.71. The third kappa shape index (κ3) is 4.47. The minimum Gasteiger partial charge on any atom is -0.366 e. The van der Waals surface area contributed by atoms with E-state index in [1.54, 1.807) is 18.2 Å². The van der Waals surface area contributed by atoms with Crippen molar-refractivity contribution in [3.8, 4) is 0 Å². The van der Waals surface area contributed by atoms with Crippen molar-refractivity contribution in [2.24, 2.45) is 5.73 Å². The fourth-order valence-corrected chi connectivity index (χ4v) is 5.47. The first-order valence-electron chi connectivity index (χ1n) is 8.21. The number of nitrogens with two attached hydrogens (primary N) is 1. The molecule has 1 aromatic heterocycles. The monoisotopic (exact) mass is 397 g/mol. The lowest BCUT2D eigenvalue weighted by atomic mass is 10.1. The van der Waals surface area contributed by atoms with Crippen molar-refractivity contribution in [2.75, 3.05) is 13.1 Å². The fourth-order valence-electron chi connectivity index (χ4n) is 3.03. The molecule has 1 aromatic carbocycles. The third-order valence-corrected chi connectivity index (χ3v) is 7.26. The minimum atomic E-state index is -3.72. The number of primary amides is 1. The summed E-state index contributed by atoms with van der Waals surface area (Å²) in [6.45, 7) is 1.73. The van der Waals surface area contributed by atoms with Gasteiger partial charge < -0.3 is 5.73 Å². The van der Waals surface area contributed by atoms with Crippen molar-refractivity contribution >= 4 is 27.3 Å². The quantitative estimate of drug-likeness (QED) is 0.779. The molecule has 1 atom stereocenters. The molecule has 1 unspecified atom stereocenters. The molecule has 2 aromatic rings. The molecular formula is C17H20FN3O3S2. The Bertz CT molecular complexity index is 898. The number of nitrogens with zero attached hydrogens (tertiary/aromatic N) is 1. The average Bonchev–Trinajstić information content (AvgIpc) is 3.08. The lowest BCUT2D eigenvalue weighted by Gasteiger charge is -2.32. The van der Waals surface area contributed by atoms with Gasteiger partial charge in [0.2, 0.25) is 15.9 Å². The largest absolute Gasteiger partial charge is 0.366 e. The summed E-state index contributed by atoms with van der Waals surface area (Å²) in [6.07, 6.45) is 1.53. The van der Waals surface area contributed by atoms with E-state index in [4.69, 9.17) is 5.73 Å². The summed E-state index contributed by atoms with van der Waals surface area (Å²) in [5.74, 6) is -0.913. The third-order valence-electron chi connectivity index (χ3n) is 4.30. The van der Waals surface area contributed by atoms with E-state index in [2.05, 4.69) is 4.72 Å². The van der Waals surface area contributed by atoms with E-state index in [-0.39, 0.29) is 21.6 Å². The molecule has 1 amide bonds. The number of hydrogen-bond donors (Lipinski definition) is 2. The van der Waals surface area contributed by atoms with E-state index in [9.17, 15) is 17.6 Å². The van der Waals surface area contributed by atoms with Crippen LogP contribution in [0.1, 0.15) is 28.8 Å². The standard InChI is InChI=1S/C17H20FN3O3S2/c18-15-6-2-1-4-12(15)9-21-7-3-5-14(10-21)20-26(23,24)16-8-13(11-25-16)17(19)22/h1-2,4,6,8,11,14,20H,3,5,7,9-10H2,(H2,19,22). The summed E-state index contributed by atoms with van der Waals surface area (Å²) in [5.41, 5.74) is 5.95. The van der Waals surface area contributed by atoms with Gasteiger partial charge in [-0.15, -0.1) is 11.3 Å². The van der Waals surface area contributed by atoms with Gasteiger partial charge in [-0.3, -0.25) is 9.69 Å². The SMILES string of the molecule is NC(=O)c1csc(S(=O)(=O)NC2CCCN(Cc3ccccc3F)C2)c1. The van der Waals surface area contributed by atoms with Gasteiger partial charge in [0.15, 0.2) is 0 Å². The lowest BCUT2D eigenvalue weighted by Crippen LogP contribution is -2.47. The van der Waals surface area contributed by atoms with Crippen LogP contribution in [-0.2, 0) is 16.6 Å². The minimum absolute atomic E-state index is 0.0672. The zero-order valence-corrected chi connectivity index (χ0v) is 15.7. The van der Waals surface area contributed by atoms with Crippen molar-refractivity contribution in [3.05, 3.63) is 52.7 Å². The molecule has 2 heterocycles. The van der Waals surface area contributed by atoms with Gasteiger partial charge in [0.25, 0.3) is 0 Å². The van der Waals surface area contributed by atoms with Crippen molar-refractivity contribution in [1.82, 2.24) is 9.62 Å². The number of nitrogens with one attached hydrogen (secondary N) is 1. The van der Waals surface area contributed by atoms with Crippen LogP contribution in [0.3, 0.4) is 0 Å². The molecular weight excluding hydrogens is 377 g/mol. The molecule has 0 radical (unpaired) electrons. The van der Waals surface area contributed by atoms with Gasteiger partial charge in [-0.2, -0.15) is 0 Å². The van der Waals surface area contributed by atoms with Crippen LogP contribution in [0.2, 0.25) is 0 Å². The van der Waals surface area contributed by atoms with Crippen LogP contribution in [0.15, 0.2) is 39.9 Å². The van der Waals surface area contributed by atoms with Crippen LogP contribution in [0.4, 0.5) is 4.39 Å². The van der Waals surface area contributed by atoms with Gasteiger partial charge in [0.1, 0.15) is 10.0 Å². The number of carbonyl (C=O) groups excluding carboxylic acids is 1. The molecule has 9 heteroatoms.